The van der Waals surface area contributed by atoms with Crippen molar-refractivity contribution in [3.05, 3.63) is 32.8 Å². The fourth-order valence-electron chi connectivity index (χ4n) is 1.33. The minimum absolute atomic E-state index is 0.307. The summed E-state index contributed by atoms with van der Waals surface area (Å²) in [6.45, 7) is 4.15. The average Bonchev–Trinajstić information content (AvgIpc) is 2.74. The van der Waals surface area contributed by atoms with Crippen molar-refractivity contribution in [2.24, 2.45) is 0 Å². The molecule has 2 aromatic heterocycles. The Morgan fingerprint density at radius 3 is 2.69 bits per heavy atom. The number of aromatic nitrogens is 2. The Labute approximate surface area is 112 Å². The van der Waals surface area contributed by atoms with E-state index in [2.05, 4.69) is 46.4 Å². The first-order valence-electron chi connectivity index (χ1n) is 4.86. The summed E-state index contributed by atoms with van der Waals surface area (Å²) < 4.78 is 6.17. The van der Waals surface area contributed by atoms with Gasteiger partial charge in [0.05, 0.1) is 15.5 Å². The van der Waals surface area contributed by atoms with Gasteiger partial charge in [0.2, 0.25) is 0 Å². The second kappa shape index (κ2) is 4.71. The van der Waals surface area contributed by atoms with Crippen LogP contribution in [-0.2, 0) is 0 Å². The van der Waals surface area contributed by atoms with Gasteiger partial charge in [0.25, 0.3) is 0 Å². The highest BCUT2D eigenvalue weighted by molar-refractivity contribution is 14.1. The van der Waals surface area contributed by atoms with Gasteiger partial charge >= 0.3 is 0 Å². The Kier molecular flexibility index (Phi) is 3.49. The Hall–Kier alpha value is -0.620. The molecule has 84 valence electrons. The van der Waals surface area contributed by atoms with E-state index in [0.29, 0.717) is 22.7 Å². The third-order valence-corrected chi connectivity index (χ3v) is 3.78. The van der Waals surface area contributed by atoms with Gasteiger partial charge in [-0.1, -0.05) is 25.4 Å². The van der Waals surface area contributed by atoms with Gasteiger partial charge in [-0.2, -0.15) is 0 Å². The number of hydrogen-bond acceptors (Lipinski definition) is 3. The molecule has 5 heteroatoms. The van der Waals surface area contributed by atoms with Crippen molar-refractivity contribution in [1.29, 1.82) is 0 Å². The first-order valence-corrected chi connectivity index (χ1v) is 6.32. The summed E-state index contributed by atoms with van der Waals surface area (Å²) in [4.78, 5) is 8.69. The molecule has 0 radical (unpaired) electrons. The zero-order valence-corrected chi connectivity index (χ0v) is 11.8. The van der Waals surface area contributed by atoms with Crippen LogP contribution in [0, 0.1) is 3.57 Å². The van der Waals surface area contributed by atoms with Crippen molar-refractivity contribution in [3.8, 4) is 11.6 Å². The average molecular weight is 349 g/mol. The molecule has 0 aliphatic rings. The maximum absolute atomic E-state index is 6.08. The topological polar surface area (TPSA) is 38.9 Å². The summed E-state index contributed by atoms with van der Waals surface area (Å²) in [6.07, 6.45) is 1.60. The summed E-state index contributed by atoms with van der Waals surface area (Å²) in [5, 5.41) is 0.478. The Morgan fingerprint density at radius 2 is 2.12 bits per heavy atom. The quantitative estimate of drug-likeness (QED) is 0.605. The fraction of sp³-hybridized carbons (Fsp3) is 0.273. The van der Waals surface area contributed by atoms with Gasteiger partial charge < -0.3 is 4.42 Å². The lowest BCUT2D eigenvalue weighted by molar-refractivity contribution is 0.576. The zero-order chi connectivity index (χ0) is 11.7. The van der Waals surface area contributed by atoms with Crippen LogP contribution in [0.25, 0.3) is 11.6 Å². The summed E-state index contributed by atoms with van der Waals surface area (Å²) in [5.74, 6) is 1.49. The number of hydrogen-bond donors (Lipinski definition) is 0. The van der Waals surface area contributed by atoms with Crippen LogP contribution in [0.4, 0.5) is 0 Å². The van der Waals surface area contributed by atoms with Crippen molar-refractivity contribution in [1.82, 2.24) is 9.97 Å². The van der Waals surface area contributed by atoms with E-state index in [9.17, 15) is 0 Å². The van der Waals surface area contributed by atoms with Crippen molar-refractivity contribution in [2.45, 2.75) is 19.8 Å². The van der Waals surface area contributed by atoms with E-state index in [1.807, 2.05) is 6.07 Å². The molecule has 0 atom stereocenters. The predicted molar refractivity (Wildman–Crippen MR) is 71.6 cm³/mol. The SMILES string of the molecule is CC(C)c1nc(-c2ccco2)nc(Cl)c1I. The first-order chi connectivity index (χ1) is 7.59. The minimum atomic E-state index is 0.307. The molecule has 0 amide bonds. The van der Waals surface area contributed by atoms with Crippen molar-refractivity contribution < 1.29 is 4.42 Å². The van der Waals surface area contributed by atoms with Crippen LogP contribution < -0.4 is 0 Å². The number of rotatable bonds is 2. The second-order valence-corrected chi connectivity index (χ2v) is 5.11. The van der Waals surface area contributed by atoms with Crippen LogP contribution in [0.3, 0.4) is 0 Å². The number of halogens is 2. The van der Waals surface area contributed by atoms with E-state index >= 15 is 0 Å². The van der Waals surface area contributed by atoms with E-state index in [-0.39, 0.29) is 0 Å². The maximum atomic E-state index is 6.08. The van der Waals surface area contributed by atoms with Gasteiger partial charge in [-0.15, -0.1) is 0 Å². The highest BCUT2D eigenvalue weighted by Crippen LogP contribution is 2.28. The van der Waals surface area contributed by atoms with E-state index in [1.54, 1.807) is 12.3 Å². The van der Waals surface area contributed by atoms with Gasteiger partial charge in [-0.3, -0.25) is 0 Å². The highest BCUT2D eigenvalue weighted by atomic mass is 127. The molecule has 2 heterocycles. The third kappa shape index (κ3) is 2.22. The summed E-state index contributed by atoms with van der Waals surface area (Å²) in [7, 11) is 0. The van der Waals surface area contributed by atoms with Crippen LogP contribution >= 0.6 is 34.2 Å². The molecule has 3 nitrogen and oxygen atoms in total. The van der Waals surface area contributed by atoms with Gasteiger partial charge in [0.15, 0.2) is 11.6 Å². The molecule has 0 saturated carbocycles. The van der Waals surface area contributed by atoms with Crippen LogP contribution in [0.15, 0.2) is 22.8 Å². The molecule has 2 rings (SSSR count). The van der Waals surface area contributed by atoms with Crippen LogP contribution in [0.5, 0.6) is 0 Å². The third-order valence-electron chi connectivity index (χ3n) is 2.12. The lowest BCUT2D eigenvalue weighted by Crippen LogP contribution is -2.02. The molecule has 0 unspecified atom stereocenters. The number of furan rings is 1. The van der Waals surface area contributed by atoms with Gasteiger partial charge in [-0.25, -0.2) is 9.97 Å². The maximum Gasteiger partial charge on any atom is 0.197 e. The minimum Gasteiger partial charge on any atom is -0.461 e. The highest BCUT2D eigenvalue weighted by Gasteiger charge is 2.15. The van der Waals surface area contributed by atoms with Crippen molar-refractivity contribution in [3.63, 3.8) is 0 Å². The number of nitrogens with zero attached hydrogens (tertiary/aromatic N) is 2. The van der Waals surface area contributed by atoms with E-state index in [0.717, 1.165) is 9.26 Å². The Balaban J connectivity index is 2.57. The van der Waals surface area contributed by atoms with Gasteiger partial charge in [0, 0.05) is 0 Å². The van der Waals surface area contributed by atoms with Gasteiger partial charge in [0.1, 0.15) is 5.15 Å². The first kappa shape index (κ1) is 11.9. The molecule has 0 aromatic carbocycles. The predicted octanol–water partition coefficient (Wildman–Crippen LogP) is 4.12. The molecule has 16 heavy (non-hydrogen) atoms. The summed E-state index contributed by atoms with van der Waals surface area (Å²) >= 11 is 8.25. The standard InChI is InChI=1S/C11H10ClIN2O/c1-6(2)9-8(13)10(12)15-11(14-9)7-4-3-5-16-7/h3-6H,1-2H3. The molecule has 0 aliphatic carbocycles. The molecular weight excluding hydrogens is 338 g/mol. The van der Waals surface area contributed by atoms with Crippen molar-refractivity contribution in [2.75, 3.05) is 0 Å². The fourth-order valence-corrected chi connectivity index (χ4v) is 2.38. The van der Waals surface area contributed by atoms with Crippen LogP contribution in [-0.4, -0.2) is 9.97 Å². The van der Waals surface area contributed by atoms with Crippen LogP contribution in [0.1, 0.15) is 25.5 Å². The lowest BCUT2D eigenvalue weighted by atomic mass is 10.1. The molecule has 0 aliphatic heterocycles. The second-order valence-electron chi connectivity index (χ2n) is 3.67. The normalized spacial score (nSPS) is 11.1. The van der Waals surface area contributed by atoms with Crippen LogP contribution in [0.2, 0.25) is 5.15 Å². The van der Waals surface area contributed by atoms with E-state index < -0.39 is 0 Å². The van der Waals surface area contributed by atoms with E-state index in [1.165, 1.54) is 0 Å². The molecule has 2 aromatic rings. The molecule has 0 saturated heterocycles. The molecule has 0 N–H and O–H groups in total. The van der Waals surface area contributed by atoms with E-state index in [4.69, 9.17) is 16.0 Å². The largest absolute Gasteiger partial charge is 0.461 e. The summed E-state index contributed by atoms with van der Waals surface area (Å²) in [6, 6.07) is 3.63. The lowest BCUT2D eigenvalue weighted by Gasteiger charge is -2.09. The summed E-state index contributed by atoms with van der Waals surface area (Å²) in [5.41, 5.74) is 0.951. The Bertz CT molecular complexity index is 497. The molecule has 0 bridgehead atoms. The Morgan fingerprint density at radius 1 is 1.38 bits per heavy atom. The molecule has 0 spiro atoms. The van der Waals surface area contributed by atoms with Crippen molar-refractivity contribution >= 4 is 34.2 Å². The molecular formula is C11H10ClIN2O. The zero-order valence-electron chi connectivity index (χ0n) is 8.87. The molecule has 0 fully saturated rings. The smallest absolute Gasteiger partial charge is 0.197 e. The monoisotopic (exact) mass is 348 g/mol. The van der Waals surface area contributed by atoms with Gasteiger partial charge in [-0.05, 0) is 40.6 Å².